The predicted octanol–water partition coefficient (Wildman–Crippen LogP) is 3.29. The number of carboxylic acid groups (broad SMARTS) is 1. The van der Waals surface area contributed by atoms with Gasteiger partial charge in [0.25, 0.3) is 5.71 Å². The Hall–Kier alpha value is -3.88. The van der Waals surface area contributed by atoms with Gasteiger partial charge in [-0.1, -0.05) is 0 Å². The second-order valence-corrected chi connectivity index (χ2v) is 5.63. The van der Waals surface area contributed by atoms with E-state index in [0.29, 0.717) is 17.1 Å². The van der Waals surface area contributed by atoms with Crippen LogP contribution in [0.3, 0.4) is 0 Å². The molecule has 3 heterocycles. The second-order valence-electron chi connectivity index (χ2n) is 5.63. The van der Waals surface area contributed by atoms with Crippen molar-refractivity contribution in [2.45, 2.75) is 0 Å². The van der Waals surface area contributed by atoms with Crippen LogP contribution in [0.4, 0.5) is 15.9 Å². The fourth-order valence-electron chi connectivity index (χ4n) is 2.56. The van der Waals surface area contributed by atoms with E-state index in [2.05, 4.69) is 19.9 Å². The van der Waals surface area contributed by atoms with E-state index in [4.69, 9.17) is 9.52 Å². The Morgan fingerprint density at radius 3 is 2.59 bits per heavy atom. The third-order valence-corrected chi connectivity index (χ3v) is 3.88. The minimum Gasteiger partial charge on any atom is -0.474 e. The van der Waals surface area contributed by atoms with Crippen LogP contribution in [0, 0.1) is 5.82 Å². The lowest BCUT2D eigenvalue weighted by atomic mass is 10.1. The number of pyridine rings is 1. The number of anilines is 2. The van der Waals surface area contributed by atoms with Crippen LogP contribution >= 0.6 is 0 Å². The molecule has 27 heavy (non-hydrogen) atoms. The lowest BCUT2D eigenvalue weighted by Gasteiger charge is -2.20. The SMILES string of the molecule is CN(c1cccnc1)c1nc2oc(C(=O)O)nc2nc1-c1ccc(F)cc1. The van der Waals surface area contributed by atoms with Crippen molar-refractivity contribution >= 4 is 28.8 Å². The normalized spacial score (nSPS) is 10.9. The highest BCUT2D eigenvalue weighted by atomic mass is 19.1. The zero-order chi connectivity index (χ0) is 19.0. The van der Waals surface area contributed by atoms with Crippen LogP contribution in [-0.2, 0) is 0 Å². The summed E-state index contributed by atoms with van der Waals surface area (Å²) in [7, 11) is 1.76. The molecule has 1 N–H and O–H groups in total. The number of hydrogen-bond acceptors (Lipinski definition) is 7. The summed E-state index contributed by atoms with van der Waals surface area (Å²) >= 11 is 0. The van der Waals surface area contributed by atoms with Gasteiger partial charge in [-0.05, 0) is 36.4 Å². The van der Waals surface area contributed by atoms with Gasteiger partial charge in [-0.15, -0.1) is 0 Å². The minimum atomic E-state index is -1.32. The molecule has 9 heteroatoms. The summed E-state index contributed by atoms with van der Waals surface area (Å²) in [4.78, 5) is 29.6. The van der Waals surface area contributed by atoms with E-state index in [-0.39, 0.29) is 17.2 Å². The molecule has 0 bridgehead atoms. The Morgan fingerprint density at radius 1 is 1.15 bits per heavy atom. The quantitative estimate of drug-likeness (QED) is 0.587. The Labute approximate surface area is 152 Å². The largest absolute Gasteiger partial charge is 0.474 e. The summed E-state index contributed by atoms with van der Waals surface area (Å²) < 4.78 is 18.5. The average Bonchev–Trinajstić information content (AvgIpc) is 3.11. The summed E-state index contributed by atoms with van der Waals surface area (Å²) in [5, 5.41) is 9.09. The molecule has 3 aromatic heterocycles. The van der Waals surface area contributed by atoms with Crippen LogP contribution in [0.2, 0.25) is 0 Å². The first-order valence-electron chi connectivity index (χ1n) is 7.84. The maximum atomic E-state index is 13.3. The molecule has 0 atom stereocenters. The van der Waals surface area contributed by atoms with Gasteiger partial charge < -0.3 is 14.4 Å². The van der Waals surface area contributed by atoms with Gasteiger partial charge in [0.05, 0.1) is 11.9 Å². The van der Waals surface area contributed by atoms with Crippen molar-refractivity contribution in [2.24, 2.45) is 0 Å². The third-order valence-electron chi connectivity index (χ3n) is 3.88. The van der Waals surface area contributed by atoms with Gasteiger partial charge in [0.1, 0.15) is 11.5 Å². The first-order valence-corrected chi connectivity index (χ1v) is 7.84. The summed E-state index contributed by atoms with van der Waals surface area (Å²) in [6, 6.07) is 9.33. The van der Waals surface area contributed by atoms with Crippen molar-refractivity contribution in [1.82, 2.24) is 19.9 Å². The molecule has 0 fully saturated rings. The Bertz CT molecular complexity index is 1130. The van der Waals surface area contributed by atoms with Crippen molar-refractivity contribution in [2.75, 3.05) is 11.9 Å². The van der Waals surface area contributed by atoms with Gasteiger partial charge in [0.15, 0.2) is 5.82 Å². The Morgan fingerprint density at radius 2 is 1.93 bits per heavy atom. The number of carbonyl (C=O) groups is 1. The topological polar surface area (TPSA) is 105 Å². The molecule has 134 valence electrons. The molecule has 0 saturated heterocycles. The first kappa shape index (κ1) is 16.6. The molecular formula is C18H12FN5O3. The van der Waals surface area contributed by atoms with Gasteiger partial charge in [-0.25, -0.2) is 14.2 Å². The van der Waals surface area contributed by atoms with E-state index in [0.717, 1.165) is 5.69 Å². The van der Waals surface area contributed by atoms with Crippen molar-refractivity contribution in [1.29, 1.82) is 0 Å². The van der Waals surface area contributed by atoms with Gasteiger partial charge in [0, 0.05) is 18.8 Å². The summed E-state index contributed by atoms with van der Waals surface area (Å²) in [5.74, 6) is -1.82. The van der Waals surface area contributed by atoms with E-state index >= 15 is 0 Å². The zero-order valence-electron chi connectivity index (χ0n) is 14.0. The number of carboxylic acids is 1. The molecule has 0 aliphatic heterocycles. The monoisotopic (exact) mass is 365 g/mol. The number of fused-ring (bicyclic) bond motifs is 1. The van der Waals surface area contributed by atoms with Crippen LogP contribution < -0.4 is 4.90 Å². The number of rotatable bonds is 4. The molecule has 0 aliphatic rings. The molecule has 0 radical (unpaired) electrons. The maximum absolute atomic E-state index is 13.3. The standard InChI is InChI=1S/C18H12FN5O3/c1-24(12-3-2-8-20-9-12)15-13(10-4-6-11(19)7-5-10)21-14-16(23-15)27-17(22-14)18(25)26/h2-9H,1H3,(H,25,26). The van der Waals surface area contributed by atoms with E-state index in [1.54, 1.807) is 42.5 Å². The number of aromatic carboxylic acids is 1. The fraction of sp³-hybridized carbons (Fsp3) is 0.0556. The summed E-state index contributed by atoms with van der Waals surface area (Å²) in [6.45, 7) is 0. The number of nitrogens with zero attached hydrogens (tertiary/aromatic N) is 5. The van der Waals surface area contributed by atoms with Crippen LogP contribution in [0.1, 0.15) is 10.7 Å². The van der Waals surface area contributed by atoms with Crippen LogP contribution in [0.5, 0.6) is 0 Å². The van der Waals surface area contributed by atoms with E-state index in [9.17, 15) is 9.18 Å². The lowest BCUT2D eigenvalue weighted by molar-refractivity contribution is 0.0656. The van der Waals surface area contributed by atoms with Gasteiger partial charge in [0.2, 0.25) is 5.65 Å². The molecule has 0 amide bonds. The molecule has 0 aliphatic carbocycles. The van der Waals surface area contributed by atoms with Crippen molar-refractivity contribution < 1.29 is 18.7 Å². The van der Waals surface area contributed by atoms with Gasteiger partial charge in [-0.3, -0.25) is 4.98 Å². The number of hydrogen-bond donors (Lipinski definition) is 1. The van der Waals surface area contributed by atoms with E-state index in [1.807, 2.05) is 6.07 Å². The Kier molecular flexibility index (Phi) is 3.96. The van der Waals surface area contributed by atoms with Crippen LogP contribution in [0.25, 0.3) is 22.6 Å². The van der Waals surface area contributed by atoms with E-state index in [1.165, 1.54) is 12.1 Å². The second kappa shape index (κ2) is 6.45. The third kappa shape index (κ3) is 3.06. The predicted molar refractivity (Wildman–Crippen MR) is 94.3 cm³/mol. The lowest BCUT2D eigenvalue weighted by Crippen LogP contribution is -2.13. The molecule has 8 nitrogen and oxygen atoms in total. The first-order chi connectivity index (χ1) is 13.0. The van der Waals surface area contributed by atoms with E-state index < -0.39 is 11.9 Å². The molecule has 4 rings (SSSR count). The minimum absolute atomic E-state index is 0.0102. The number of aromatic nitrogens is 4. The highest BCUT2D eigenvalue weighted by molar-refractivity contribution is 5.87. The molecule has 0 unspecified atom stereocenters. The fourth-order valence-corrected chi connectivity index (χ4v) is 2.56. The highest BCUT2D eigenvalue weighted by Crippen LogP contribution is 2.32. The molecule has 1 aromatic carbocycles. The molecular weight excluding hydrogens is 353 g/mol. The smallest absolute Gasteiger partial charge is 0.392 e. The molecule has 0 spiro atoms. The van der Waals surface area contributed by atoms with Crippen LogP contribution in [-0.4, -0.2) is 38.1 Å². The van der Waals surface area contributed by atoms with Gasteiger partial charge in [-0.2, -0.15) is 9.97 Å². The number of benzene rings is 1. The van der Waals surface area contributed by atoms with Crippen molar-refractivity contribution in [3.8, 4) is 11.3 Å². The zero-order valence-corrected chi connectivity index (χ0v) is 14.0. The maximum Gasteiger partial charge on any atom is 0.392 e. The summed E-state index contributed by atoms with van der Waals surface area (Å²) in [5.41, 5.74) is 1.77. The summed E-state index contributed by atoms with van der Waals surface area (Å²) in [6.07, 6.45) is 3.28. The van der Waals surface area contributed by atoms with Crippen molar-refractivity contribution in [3.63, 3.8) is 0 Å². The number of halogens is 1. The van der Waals surface area contributed by atoms with Crippen molar-refractivity contribution in [3.05, 3.63) is 60.5 Å². The molecule has 4 aromatic rings. The average molecular weight is 365 g/mol. The highest BCUT2D eigenvalue weighted by Gasteiger charge is 2.21. The van der Waals surface area contributed by atoms with Crippen LogP contribution in [0.15, 0.2) is 53.2 Å². The van der Waals surface area contributed by atoms with Gasteiger partial charge >= 0.3 is 11.9 Å². The Balaban J connectivity index is 1.94. The number of oxazole rings is 1. The molecule has 0 saturated carbocycles.